The van der Waals surface area contributed by atoms with Crippen LogP contribution in [0.1, 0.15) is 22.2 Å². The van der Waals surface area contributed by atoms with E-state index in [1.54, 1.807) is 7.05 Å². The van der Waals surface area contributed by atoms with Crippen molar-refractivity contribution in [2.75, 3.05) is 7.05 Å². The number of aliphatic imine (C=N–C) groups is 1. The zero-order valence-corrected chi connectivity index (χ0v) is 18.8. The van der Waals surface area contributed by atoms with Crippen LogP contribution in [0.15, 0.2) is 47.7 Å². The molecule has 1 aromatic carbocycles. The van der Waals surface area contributed by atoms with Gasteiger partial charge in [0.25, 0.3) is 0 Å². The molecular weight excluding hydrogens is 471 g/mol. The van der Waals surface area contributed by atoms with Crippen LogP contribution < -0.4 is 10.6 Å². The summed E-state index contributed by atoms with van der Waals surface area (Å²) in [6.45, 7) is 5.00. The van der Waals surface area contributed by atoms with E-state index in [2.05, 4.69) is 68.9 Å². The molecule has 27 heavy (non-hydrogen) atoms. The molecule has 0 saturated carbocycles. The van der Waals surface area contributed by atoms with E-state index in [9.17, 15) is 0 Å². The molecule has 0 bridgehead atoms. The second-order valence-electron chi connectivity index (χ2n) is 6.22. The van der Waals surface area contributed by atoms with Gasteiger partial charge in [-0.15, -0.1) is 35.3 Å². The zero-order chi connectivity index (χ0) is 18.4. The van der Waals surface area contributed by atoms with Crippen LogP contribution in [0.3, 0.4) is 0 Å². The van der Waals surface area contributed by atoms with E-state index in [1.165, 1.54) is 16.1 Å². The molecule has 3 rings (SSSR count). The molecule has 0 radical (unpaired) electrons. The summed E-state index contributed by atoms with van der Waals surface area (Å²) in [7, 11) is 1.79. The molecule has 1 atom stereocenters. The van der Waals surface area contributed by atoms with Crippen LogP contribution in [0.4, 0.5) is 0 Å². The lowest BCUT2D eigenvalue weighted by Crippen LogP contribution is -2.42. The molecule has 3 N–H and O–H groups in total. The number of aromatic nitrogens is 3. The van der Waals surface area contributed by atoms with Crippen molar-refractivity contribution in [2.45, 2.75) is 32.9 Å². The maximum Gasteiger partial charge on any atom is 0.191 e. The van der Waals surface area contributed by atoms with E-state index in [0.29, 0.717) is 12.6 Å². The smallest absolute Gasteiger partial charge is 0.191 e. The first-order valence-corrected chi connectivity index (χ1v) is 9.43. The fraction of sp³-hybridized carbons (Fsp3) is 0.316. The summed E-state index contributed by atoms with van der Waals surface area (Å²) in [6.07, 6.45) is 2.50. The number of rotatable bonds is 6. The highest BCUT2D eigenvalue weighted by Gasteiger charge is 2.08. The van der Waals surface area contributed by atoms with E-state index in [-0.39, 0.29) is 24.0 Å². The number of H-pyrrole nitrogens is 1. The van der Waals surface area contributed by atoms with Crippen molar-refractivity contribution in [2.24, 2.45) is 4.99 Å². The zero-order valence-electron chi connectivity index (χ0n) is 15.7. The Morgan fingerprint density at radius 3 is 2.81 bits per heavy atom. The molecule has 0 aliphatic heterocycles. The van der Waals surface area contributed by atoms with Crippen LogP contribution in [-0.4, -0.2) is 34.2 Å². The number of aromatic amines is 1. The highest BCUT2D eigenvalue weighted by molar-refractivity contribution is 14.0. The molecule has 0 fully saturated rings. The average molecular weight is 496 g/mol. The number of aryl methyl sites for hydroxylation is 1. The SMILES string of the molecule is CN=C(NCc1cccc(-c2ncn[nH]2)c1)NC(C)Cc1ccc(C)s1.I. The molecule has 8 heteroatoms. The standard InChI is InChI=1S/C19H24N6S.HI/c1-13(9-17-8-7-14(2)26-17)24-19(20-3)21-11-15-5-4-6-16(10-15)18-22-12-23-25-18;/h4-8,10,12-13H,9,11H2,1-3H3,(H2,20,21,24)(H,22,23,25);1H. The highest BCUT2D eigenvalue weighted by Crippen LogP contribution is 2.17. The van der Waals surface area contributed by atoms with Gasteiger partial charge in [-0.05, 0) is 37.6 Å². The van der Waals surface area contributed by atoms with Crippen molar-refractivity contribution in [1.29, 1.82) is 0 Å². The van der Waals surface area contributed by atoms with Crippen molar-refractivity contribution >= 4 is 41.3 Å². The molecule has 0 spiro atoms. The second-order valence-corrected chi connectivity index (χ2v) is 7.59. The maximum absolute atomic E-state index is 4.33. The topological polar surface area (TPSA) is 78.0 Å². The average Bonchev–Trinajstić information content (AvgIpc) is 3.31. The van der Waals surface area contributed by atoms with Crippen LogP contribution in [0.2, 0.25) is 0 Å². The van der Waals surface area contributed by atoms with Crippen LogP contribution >= 0.6 is 35.3 Å². The lowest BCUT2D eigenvalue weighted by molar-refractivity contribution is 0.645. The maximum atomic E-state index is 4.33. The number of nitrogens with one attached hydrogen (secondary N) is 3. The Morgan fingerprint density at radius 1 is 1.30 bits per heavy atom. The lowest BCUT2D eigenvalue weighted by atomic mass is 10.1. The van der Waals surface area contributed by atoms with Crippen molar-refractivity contribution in [3.8, 4) is 11.4 Å². The predicted molar refractivity (Wildman–Crippen MR) is 123 cm³/mol. The summed E-state index contributed by atoms with van der Waals surface area (Å²) < 4.78 is 0. The summed E-state index contributed by atoms with van der Waals surface area (Å²) in [5.74, 6) is 1.57. The van der Waals surface area contributed by atoms with Gasteiger partial charge in [0.15, 0.2) is 11.8 Å². The molecule has 144 valence electrons. The van der Waals surface area contributed by atoms with Crippen LogP contribution in [0.5, 0.6) is 0 Å². The van der Waals surface area contributed by atoms with Crippen LogP contribution in [-0.2, 0) is 13.0 Å². The van der Waals surface area contributed by atoms with E-state index < -0.39 is 0 Å². The third-order valence-electron chi connectivity index (χ3n) is 3.99. The Bertz CT molecular complexity index is 859. The normalized spacial score (nSPS) is 12.3. The monoisotopic (exact) mass is 496 g/mol. The quantitative estimate of drug-likeness (QED) is 0.276. The molecule has 2 heterocycles. The van der Waals surface area contributed by atoms with Gasteiger partial charge >= 0.3 is 0 Å². The molecule has 0 aliphatic carbocycles. The molecule has 3 aromatic rings. The van der Waals surface area contributed by atoms with Gasteiger partial charge in [-0.1, -0.05) is 18.2 Å². The van der Waals surface area contributed by atoms with Crippen LogP contribution in [0.25, 0.3) is 11.4 Å². The van der Waals surface area contributed by atoms with Gasteiger partial charge in [0, 0.05) is 41.4 Å². The number of hydrogen-bond donors (Lipinski definition) is 3. The molecule has 6 nitrogen and oxygen atoms in total. The van der Waals surface area contributed by atoms with Gasteiger partial charge in [-0.2, -0.15) is 5.10 Å². The number of hydrogen-bond acceptors (Lipinski definition) is 4. The Morgan fingerprint density at radius 2 is 2.15 bits per heavy atom. The predicted octanol–water partition coefficient (Wildman–Crippen LogP) is 3.76. The summed E-state index contributed by atoms with van der Waals surface area (Å²) in [5, 5.41) is 13.6. The minimum absolute atomic E-state index is 0. The first-order chi connectivity index (χ1) is 12.6. The van der Waals surface area contributed by atoms with E-state index in [1.807, 2.05) is 23.5 Å². The van der Waals surface area contributed by atoms with E-state index in [0.717, 1.165) is 29.3 Å². The van der Waals surface area contributed by atoms with Gasteiger partial charge in [0.2, 0.25) is 0 Å². The minimum atomic E-state index is 0. The minimum Gasteiger partial charge on any atom is -0.354 e. The Kier molecular flexibility index (Phi) is 8.23. The number of benzene rings is 1. The number of nitrogens with zero attached hydrogens (tertiary/aromatic N) is 3. The molecule has 1 unspecified atom stereocenters. The van der Waals surface area contributed by atoms with E-state index in [4.69, 9.17) is 0 Å². The summed E-state index contributed by atoms with van der Waals surface area (Å²) in [5.41, 5.74) is 2.18. The Labute approximate surface area is 180 Å². The third kappa shape index (κ3) is 6.31. The van der Waals surface area contributed by atoms with Crippen molar-refractivity contribution < 1.29 is 0 Å². The van der Waals surface area contributed by atoms with Crippen molar-refractivity contribution in [1.82, 2.24) is 25.8 Å². The number of guanidine groups is 1. The molecular formula is C19H25IN6S. The van der Waals surface area contributed by atoms with Crippen molar-refractivity contribution in [3.05, 3.63) is 58.0 Å². The highest BCUT2D eigenvalue weighted by atomic mass is 127. The second kappa shape index (κ2) is 10.4. The fourth-order valence-electron chi connectivity index (χ4n) is 2.73. The van der Waals surface area contributed by atoms with Crippen molar-refractivity contribution in [3.63, 3.8) is 0 Å². The largest absolute Gasteiger partial charge is 0.354 e. The lowest BCUT2D eigenvalue weighted by Gasteiger charge is -2.17. The Hall–Kier alpha value is -1.94. The third-order valence-corrected chi connectivity index (χ3v) is 5.01. The molecule has 2 aromatic heterocycles. The summed E-state index contributed by atoms with van der Waals surface area (Å²) in [4.78, 5) is 11.3. The summed E-state index contributed by atoms with van der Waals surface area (Å²) >= 11 is 1.85. The first-order valence-electron chi connectivity index (χ1n) is 8.61. The van der Waals surface area contributed by atoms with Gasteiger partial charge in [-0.3, -0.25) is 10.1 Å². The Balaban J connectivity index is 0.00000261. The summed E-state index contributed by atoms with van der Waals surface area (Å²) in [6, 6.07) is 12.9. The fourth-order valence-corrected chi connectivity index (χ4v) is 3.75. The van der Waals surface area contributed by atoms with Crippen LogP contribution in [0, 0.1) is 6.92 Å². The number of thiophene rings is 1. The number of halogens is 1. The molecule has 0 saturated heterocycles. The first kappa shape index (κ1) is 21.4. The van der Waals surface area contributed by atoms with Gasteiger partial charge < -0.3 is 10.6 Å². The molecule has 0 aliphatic rings. The van der Waals surface area contributed by atoms with Gasteiger partial charge in [0.1, 0.15) is 6.33 Å². The molecule has 0 amide bonds. The van der Waals surface area contributed by atoms with Gasteiger partial charge in [0.05, 0.1) is 0 Å². The van der Waals surface area contributed by atoms with E-state index >= 15 is 0 Å². The van der Waals surface area contributed by atoms with Gasteiger partial charge in [-0.25, -0.2) is 4.98 Å².